The van der Waals surface area contributed by atoms with Crippen molar-refractivity contribution in [2.24, 2.45) is 5.92 Å². The summed E-state index contributed by atoms with van der Waals surface area (Å²) in [6, 6.07) is 5.98. The van der Waals surface area contributed by atoms with E-state index in [0.717, 1.165) is 49.0 Å². The topological polar surface area (TPSA) is 84.2 Å². The normalized spacial score (nSPS) is 22.2. The van der Waals surface area contributed by atoms with Gasteiger partial charge in [0.15, 0.2) is 12.0 Å². The molecular weight excluding hydrogens is 338 g/mol. The van der Waals surface area contributed by atoms with Crippen LogP contribution in [0.2, 0.25) is 0 Å². The van der Waals surface area contributed by atoms with Crippen molar-refractivity contribution >= 4 is 26.8 Å². The van der Waals surface area contributed by atoms with Gasteiger partial charge in [-0.25, -0.2) is 18.1 Å². The first-order valence-corrected chi connectivity index (χ1v) is 10.3. The van der Waals surface area contributed by atoms with E-state index < -0.39 is 14.8 Å². The number of hydrogen-bond donors (Lipinski definition) is 2. The minimum Gasteiger partial charge on any atom is -0.443 e. The molecule has 0 radical (unpaired) electrons. The van der Waals surface area contributed by atoms with Crippen LogP contribution in [-0.2, 0) is 10.0 Å². The van der Waals surface area contributed by atoms with Crippen molar-refractivity contribution in [1.82, 2.24) is 9.71 Å². The van der Waals surface area contributed by atoms with E-state index in [9.17, 15) is 8.42 Å². The van der Waals surface area contributed by atoms with E-state index in [0.29, 0.717) is 5.92 Å². The first kappa shape index (κ1) is 18.2. The summed E-state index contributed by atoms with van der Waals surface area (Å²) < 4.78 is 32.0. The monoisotopic (exact) mass is 365 g/mol. The number of hydrogen-bond acceptors (Lipinski definition) is 5. The number of rotatable bonds is 5. The fourth-order valence-corrected chi connectivity index (χ4v) is 4.14. The molecule has 1 saturated carbocycles. The minimum atomic E-state index is -3.27. The van der Waals surface area contributed by atoms with Crippen molar-refractivity contribution in [3.8, 4) is 0 Å². The van der Waals surface area contributed by atoms with Crippen molar-refractivity contribution in [2.45, 2.75) is 57.2 Å². The number of nitrogens with one attached hydrogen (secondary N) is 2. The van der Waals surface area contributed by atoms with Crippen molar-refractivity contribution in [2.75, 3.05) is 11.9 Å². The zero-order valence-corrected chi connectivity index (χ0v) is 15.9. The van der Waals surface area contributed by atoms with Crippen molar-refractivity contribution in [1.29, 1.82) is 0 Å². The van der Waals surface area contributed by atoms with Crippen LogP contribution in [0, 0.1) is 5.92 Å². The molecule has 2 N–H and O–H groups in total. The summed E-state index contributed by atoms with van der Waals surface area (Å²) in [6.07, 6.45) is 5.28. The highest BCUT2D eigenvalue weighted by Gasteiger charge is 2.32. The van der Waals surface area contributed by atoms with Crippen LogP contribution in [-0.4, -0.2) is 30.7 Å². The Morgan fingerprint density at radius 3 is 2.60 bits per heavy atom. The Morgan fingerprint density at radius 1 is 1.20 bits per heavy atom. The minimum absolute atomic E-state index is 0.0611. The molecule has 0 atom stereocenters. The van der Waals surface area contributed by atoms with Crippen LogP contribution in [0.5, 0.6) is 0 Å². The van der Waals surface area contributed by atoms with E-state index >= 15 is 0 Å². The van der Waals surface area contributed by atoms with Crippen LogP contribution < -0.4 is 10.0 Å². The lowest BCUT2D eigenvalue weighted by Crippen LogP contribution is -2.46. The lowest BCUT2D eigenvalue weighted by molar-refractivity contribution is 0.322. The largest absolute Gasteiger partial charge is 0.443 e. The van der Waals surface area contributed by atoms with E-state index in [1.807, 2.05) is 18.2 Å². The van der Waals surface area contributed by atoms with Crippen molar-refractivity contribution in [3.05, 3.63) is 24.6 Å². The second-order valence-electron chi connectivity index (χ2n) is 7.87. The number of oxazole rings is 1. The van der Waals surface area contributed by atoms with Gasteiger partial charge >= 0.3 is 0 Å². The molecule has 1 heterocycles. The molecule has 1 aromatic carbocycles. The summed E-state index contributed by atoms with van der Waals surface area (Å²) in [5, 5.41) is 3.46. The Kier molecular flexibility index (Phi) is 5.06. The summed E-state index contributed by atoms with van der Waals surface area (Å²) in [5.41, 5.74) is 2.67. The van der Waals surface area contributed by atoms with E-state index in [4.69, 9.17) is 4.42 Å². The molecule has 1 aliphatic carbocycles. The van der Waals surface area contributed by atoms with Gasteiger partial charge in [-0.05, 0) is 64.5 Å². The van der Waals surface area contributed by atoms with Crippen LogP contribution in [0.25, 0.3) is 11.1 Å². The molecule has 0 spiro atoms. The quantitative estimate of drug-likeness (QED) is 0.847. The molecule has 0 bridgehead atoms. The van der Waals surface area contributed by atoms with Gasteiger partial charge in [0, 0.05) is 24.3 Å². The summed E-state index contributed by atoms with van der Waals surface area (Å²) in [4.78, 5) is 4.11. The number of nitrogens with zero attached hydrogens (tertiary/aromatic N) is 1. The molecule has 0 amide bonds. The van der Waals surface area contributed by atoms with Crippen LogP contribution in [0.15, 0.2) is 29.0 Å². The third-order valence-electron chi connectivity index (χ3n) is 4.90. The number of fused-ring (bicyclic) bond motifs is 1. The van der Waals surface area contributed by atoms with Gasteiger partial charge in [0.1, 0.15) is 5.52 Å². The average Bonchev–Trinajstić information content (AvgIpc) is 3.00. The fourth-order valence-electron chi connectivity index (χ4n) is 3.11. The SMILES string of the molecule is CC(C)(C)S(=O)(=O)NC1CCC(CNc2ccc3ncoc3c2)CC1. The Morgan fingerprint density at radius 2 is 1.92 bits per heavy atom. The van der Waals surface area contributed by atoms with E-state index in [-0.39, 0.29) is 6.04 Å². The van der Waals surface area contributed by atoms with Gasteiger partial charge in [-0.15, -0.1) is 0 Å². The first-order chi connectivity index (χ1) is 11.7. The standard InChI is InChI=1S/C18H27N3O3S/c1-18(2,3)25(22,23)21-14-6-4-13(5-7-14)11-19-15-8-9-16-17(10-15)24-12-20-16/h8-10,12-14,19,21H,4-7,11H2,1-3H3. The maximum atomic E-state index is 12.3. The molecule has 0 saturated heterocycles. The average molecular weight is 365 g/mol. The lowest BCUT2D eigenvalue weighted by Gasteiger charge is -2.31. The molecule has 2 aromatic rings. The number of anilines is 1. The van der Waals surface area contributed by atoms with Gasteiger partial charge < -0.3 is 9.73 Å². The third-order valence-corrected chi connectivity index (χ3v) is 7.16. The van der Waals surface area contributed by atoms with Gasteiger partial charge in [0.25, 0.3) is 0 Å². The van der Waals surface area contributed by atoms with Gasteiger partial charge in [0.05, 0.1) is 4.75 Å². The molecule has 6 nitrogen and oxygen atoms in total. The van der Waals surface area contributed by atoms with E-state index in [2.05, 4.69) is 15.0 Å². The van der Waals surface area contributed by atoms with E-state index in [1.54, 1.807) is 20.8 Å². The maximum absolute atomic E-state index is 12.3. The van der Waals surface area contributed by atoms with Crippen molar-refractivity contribution < 1.29 is 12.8 Å². The lowest BCUT2D eigenvalue weighted by atomic mass is 9.86. The predicted octanol–water partition coefficient (Wildman–Crippen LogP) is 3.52. The molecule has 25 heavy (non-hydrogen) atoms. The predicted molar refractivity (Wildman–Crippen MR) is 100 cm³/mol. The van der Waals surface area contributed by atoms with Crippen LogP contribution >= 0.6 is 0 Å². The zero-order chi connectivity index (χ0) is 18.1. The van der Waals surface area contributed by atoms with E-state index in [1.165, 1.54) is 6.39 Å². The van der Waals surface area contributed by atoms with Crippen molar-refractivity contribution in [3.63, 3.8) is 0 Å². The summed E-state index contributed by atoms with van der Waals surface area (Å²) in [7, 11) is -3.27. The maximum Gasteiger partial charge on any atom is 0.216 e. The Bertz CT molecular complexity index is 815. The molecule has 0 unspecified atom stereocenters. The Hall–Kier alpha value is -1.60. The molecule has 3 rings (SSSR count). The second-order valence-corrected chi connectivity index (χ2v) is 10.3. The first-order valence-electron chi connectivity index (χ1n) is 8.83. The smallest absolute Gasteiger partial charge is 0.216 e. The molecule has 138 valence electrons. The number of aromatic nitrogens is 1. The molecule has 7 heteroatoms. The molecule has 0 aliphatic heterocycles. The Labute approximate surface area is 149 Å². The molecular formula is C18H27N3O3S. The highest BCUT2D eigenvalue weighted by molar-refractivity contribution is 7.90. The molecule has 1 fully saturated rings. The van der Waals surface area contributed by atoms with Crippen LogP contribution in [0.3, 0.4) is 0 Å². The van der Waals surface area contributed by atoms with Crippen LogP contribution in [0.4, 0.5) is 5.69 Å². The molecule has 1 aromatic heterocycles. The highest BCUT2D eigenvalue weighted by atomic mass is 32.2. The number of benzene rings is 1. The molecule has 1 aliphatic rings. The highest BCUT2D eigenvalue weighted by Crippen LogP contribution is 2.27. The third kappa shape index (κ3) is 4.33. The summed E-state index contributed by atoms with van der Waals surface area (Å²) in [5.74, 6) is 0.556. The summed E-state index contributed by atoms with van der Waals surface area (Å²) >= 11 is 0. The van der Waals surface area contributed by atoms with Gasteiger partial charge in [-0.3, -0.25) is 0 Å². The fraction of sp³-hybridized carbons (Fsp3) is 0.611. The van der Waals surface area contributed by atoms with Crippen LogP contribution in [0.1, 0.15) is 46.5 Å². The summed E-state index contributed by atoms with van der Waals surface area (Å²) in [6.45, 7) is 6.08. The van der Waals surface area contributed by atoms with Gasteiger partial charge in [-0.1, -0.05) is 0 Å². The second kappa shape index (κ2) is 6.96. The number of sulfonamides is 1. The van der Waals surface area contributed by atoms with Gasteiger partial charge in [0.2, 0.25) is 10.0 Å². The Balaban J connectivity index is 1.48. The zero-order valence-electron chi connectivity index (χ0n) is 15.1. The van der Waals surface area contributed by atoms with Gasteiger partial charge in [-0.2, -0.15) is 0 Å².